The van der Waals surface area contributed by atoms with Gasteiger partial charge in [0.2, 0.25) is 10.0 Å². The van der Waals surface area contributed by atoms with E-state index in [1.54, 1.807) is 49.6 Å². The number of pyridine rings is 1. The largest absolute Gasteiger partial charge is 0.414 e. The lowest BCUT2D eigenvalue weighted by Gasteiger charge is -2.43. The van der Waals surface area contributed by atoms with Crippen molar-refractivity contribution in [3.8, 4) is 0 Å². The first kappa shape index (κ1) is 67.6. The summed E-state index contributed by atoms with van der Waals surface area (Å²) in [5, 5.41) is 13.6. The van der Waals surface area contributed by atoms with Crippen LogP contribution in [0.3, 0.4) is 0 Å². The number of H-pyrrole nitrogens is 1. The van der Waals surface area contributed by atoms with E-state index in [1.165, 1.54) is 34.1 Å². The highest BCUT2D eigenvalue weighted by Gasteiger charge is 2.67. The molecule has 0 saturated carbocycles. The monoisotopic (exact) mass is 1290 g/mol. The molecule has 86 heavy (non-hydrogen) atoms. The molecule has 0 bridgehead atoms. The lowest BCUT2D eigenvalue weighted by Crippen LogP contribution is -2.59. The topological polar surface area (TPSA) is 342 Å². The zero-order valence-corrected chi connectivity index (χ0v) is 56.0. The van der Waals surface area contributed by atoms with Crippen molar-refractivity contribution in [2.45, 2.75) is 140 Å². The van der Waals surface area contributed by atoms with E-state index in [2.05, 4.69) is 77.6 Å². The van der Waals surface area contributed by atoms with Gasteiger partial charge in [-0.15, -0.1) is 11.8 Å². The zero-order chi connectivity index (χ0) is 63.9. The third-order valence-corrected chi connectivity index (χ3v) is 27.8. The summed E-state index contributed by atoms with van der Waals surface area (Å²) < 4.78 is 85.7. The Balaban J connectivity index is 0.000000201. The Morgan fingerprint density at radius 3 is 2.21 bits per heavy atom. The zero-order valence-electron chi connectivity index (χ0n) is 51.5. The predicted octanol–water partition coefficient (Wildman–Crippen LogP) is 5.19. The van der Waals surface area contributed by atoms with Gasteiger partial charge in [0.1, 0.15) is 35.4 Å². The molecule has 31 heteroatoms. The maximum Gasteiger partial charge on any atom is 0.351 e. The van der Waals surface area contributed by atoms with E-state index in [4.69, 9.17) is 39.1 Å². The molecule has 3 fully saturated rings. The number of aliphatic hydroxyl groups is 1. The number of hydrogen-bond acceptors (Lipinski definition) is 21. The second kappa shape index (κ2) is 25.7. The van der Waals surface area contributed by atoms with Crippen molar-refractivity contribution in [3.05, 3.63) is 115 Å². The van der Waals surface area contributed by atoms with E-state index in [1.807, 2.05) is 50.9 Å². The molecule has 0 radical (unpaired) electrons. The first-order valence-electron chi connectivity index (χ1n) is 28.1. The van der Waals surface area contributed by atoms with Crippen LogP contribution in [-0.2, 0) is 49.7 Å². The van der Waals surface area contributed by atoms with Crippen LogP contribution in [0.4, 0.5) is 23.0 Å². The summed E-state index contributed by atoms with van der Waals surface area (Å²) in [6.07, 6.45) is 2.18. The molecule has 1 unspecified atom stereocenters. The van der Waals surface area contributed by atoms with Crippen molar-refractivity contribution in [3.63, 3.8) is 0 Å². The molecule has 4 aromatic heterocycles. The highest BCUT2D eigenvalue weighted by molar-refractivity contribution is 8.00. The van der Waals surface area contributed by atoms with Crippen LogP contribution in [-0.4, -0.2) is 159 Å². The minimum absolute atomic E-state index is 0.0338. The van der Waals surface area contributed by atoms with Gasteiger partial charge in [-0.3, -0.25) is 28.0 Å². The van der Waals surface area contributed by atoms with E-state index in [-0.39, 0.29) is 52.4 Å². The number of nitrogens with zero attached hydrogens (tertiary/aromatic N) is 7. The summed E-state index contributed by atoms with van der Waals surface area (Å²) >= 11 is 1.47. The highest BCUT2D eigenvalue weighted by Crippen LogP contribution is 2.52. The van der Waals surface area contributed by atoms with Crippen LogP contribution in [0.15, 0.2) is 86.5 Å². The smallest absolute Gasteiger partial charge is 0.351 e. The normalized spacial score (nSPS) is 22.6. The fraction of sp³-hybridized carbons (Fsp3) is 0.564. The van der Waals surface area contributed by atoms with Crippen molar-refractivity contribution in [2.75, 3.05) is 72.1 Å². The number of anilines is 4. The number of carbonyl (C=O) groups is 1. The summed E-state index contributed by atoms with van der Waals surface area (Å²) in [5.74, 6) is 1.65. The molecule has 8 heterocycles. The minimum Gasteiger partial charge on any atom is -0.414 e. The van der Waals surface area contributed by atoms with Gasteiger partial charge in [-0.25, -0.2) is 27.2 Å². The van der Waals surface area contributed by atoms with Gasteiger partial charge in [0, 0.05) is 85.8 Å². The molecular formula is C55H84N12O14S3Si2. The van der Waals surface area contributed by atoms with Crippen molar-refractivity contribution in [1.29, 1.82) is 0 Å². The number of fused-ring (bicyclic) bond motifs is 1. The summed E-state index contributed by atoms with van der Waals surface area (Å²) in [4.78, 5) is 65.7. The van der Waals surface area contributed by atoms with Gasteiger partial charge in [-0.05, 0) is 99.5 Å². The quantitative estimate of drug-likeness (QED) is 0.0615. The molecule has 474 valence electrons. The summed E-state index contributed by atoms with van der Waals surface area (Å²) in [6, 6.07) is 12.7. The molecule has 1 amide bonds. The number of amides is 1. The van der Waals surface area contributed by atoms with Crippen LogP contribution in [0.1, 0.15) is 83.9 Å². The second-order valence-corrected chi connectivity index (χ2v) is 39.0. The molecule has 26 nitrogen and oxygen atoms in total. The molecule has 4 aliphatic heterocycles. The minimum atomic E-state index is -4.18. The Morgan fingerprint density at radius 2 is 1.64 bits per heavy atom. The number of aromatic amines is 1. The number of aliphatic hydroxyl groups excluding tert-OH is 1. The summed E-state index contributed by atoms with van der Waals surface area (Å²) in [6.45, 7) is 28.8. The first-order valence-corrected chi connectivity index (χ1v) is 38.3. The number of rotatable bonds is 14. The van der Waals surface area contributed by atoms with Crippen LogP contribution < -0.4 is 43.3 Å². The molecular weight excluding hydrogens is 1210 g/mol. The number of aromatic nitrogens is 6. The number of nitrogens with two attached hydrogens (primary N) is 2. The second-order valence-electron chi connectivity index (χ2n) is 25.1. The van der Waals surface area contributed by atoms with Gasteiger partial charge in [0.25, 0.3) is 21.6 Å². The maximum atomic E-state index is 13.4. The van der Waals surface area contributed by atoms with Crippen LogP contribution in [0, 0.1) is 6.92 Å². The van der Waals surface area contributed by atoms with Crippen molar-refractivity contribution < 1.29 is 49.2 Å². The van der Waals surface area contributed by atoms with E-state index in [9.17, 15) is 36.0 Å². The average Bonchev–Trinajstić information content (AvgIpc) is 1.55. The number of sulfonamides is 1. The SMILES string of the molecule is CC(C)Nc1cccnc1N1CCN(C(=O)c2cc3cc(NS(C)(=O)=O)ccc3[nH]2)CC1.Cc1cn([C@@H]2O[C@H](CO[Si](C)(C)C(C)(C)C)C3(OS(=O)(=O)C=C3N)[C@H]2O[Si](C)(C)C(C)(C)C)c(=O)n(C)c1=O.Nc1ccn([C@H]2CS[C@H](CO)O2)c(=O)n1. The maximum absolute atomic E-state index is 13.4. The van der Waals surface area contributed by atoms with Crippen molar-refractivity contribution in [1.82, 2.24) is 33.6 Å². The number of ether oxygens (including phenoxy) is 2. The number of carbonyl (C=O) groups excluding carboxylic acids is 1. The summed E-state index contributed by atoms with van der Waals surface area (Å²) in [7, 11) is -11.1. The third kappa shape index (κ3) is 15.2. The Kier molecular flexibility index (Phi) is 20.2. The number of aryl methyl sites for hydroxylation is 1. The van der Waals surface area contributed by atoms with Crippen LogP contribution in [0.25, 0.3) is 10.9 Å². The van der Waals surface area contributed by atoms with Gasteiger partial charge in [-0.1, -0.05) is 41.5 Å². The number of hydrogen-bond donors (Lipinski definition) is 6. The van der Waals surface area contributed by atoms with Gasteiger partial charge in [0.05, 0.1) is 36.3 Å². The molecule has 4 aliphatic rings. The van der Waals surface area contributed by atoms with E-state index in [0.717, 1.165) is 38.6 Å². The fourth-order valence-electron chi connectivity index (χ4n) is 9.46. The Bertz CT molecular complexity index is 3740. The molecule has 0 aliphatic carbocycles. The van der Waals surface area contributed by atoms with Gasteiger partial charge in [-0.2, -0.15) is 13.4 Å². The molecule has 9 rings (SSSR count). The van der Waals surface area contributed by atoms with E-state index < -0.39 is 77.8 Å². The summed E-state index contributed by atoms with van der Waals surface area (Å²) in [5.41, 5.74) is 11.3. The van der Waals surface area contributed by atoms with Gasteiger partial charge >= 0.3 is 11.4 Å². The third-order valence-electron chi connectivity index (χ3n) is 16.1. The average molecular weight is 1290 g/mol. The first-order chi connectivity index (χ1) is 39.8. The van der Waals surface area contributed by atoms with Gasteiger partial charge in [0.15, 0.2) is 34.3 Å². The lowest BCUT2D eigenvalue weighted by atomic mass is 9.89. The van der Waals surface area contributed by atoms with Crippen LogP contribution >= 0.6 is 11.8 Å². The Morgan fingerprint density at radius 1 is 0.977 bits per heavy atom. The van der Waals surface area contributed by atoms with Crippen LogP contribution in [0.5, 0.6) is 0 Å². The van der Waals surface area contributed by atoms with E-state index >= 15 is 0 Å². The predicted molar refractivity (Wildman–Crippen MR) is 339 cm³/mol. The lowest BCUT2D eigenvalue weighted by molar-refractivity contribution is -0.0566. The van der Waals surface area contributed by atoms with E-state index in [0.29, 0.717) is 54.9 Å². The molecule has 1 aromatic carbocycles. The molecule has 5 aromatic rings. The number of benzene rings is 1. The Labute approximate surface area is 508 Å². The molecule has 6 atom stereocenters. The Hall–Kier alpha value is -5.88. The van der Waals surface area contributed by atoms with Crippen LogP contribution in [0.2, 0.25) is 36.3 Å². The molecule has 3 saturated heterocycles. The van der Waals surface area contributed by atoms with Gasteiger partial charge < -0.3 is 55.0 Å². The number of thioether (sulfide) groups is 1. The highest BCUT2D eigenvalue weighted by atomic mass is 32.2. The molecule has 1 spiro atoms. The fourth-order valence-corrected chi connectivity index (χ4v) is 14.5. The number of nitrogen functional groups attached to an aromatic ring is 1. The molecule has 8 N–H and O–H groups in total. The standard InChI is InChI=1S/C25H45N3O8SSi2.C22H28N6O3S.C8H11N3O3S/c1-16-13-28(22(30)27(8)20(16)29)21-19(35-39(11,12)24(5,6)7)25(17(26)15-37(31,32)36-25)18(34-21)14-33-38(9,10)23(2,3)4;1-15(2)24-19-5-4-8-23-21(19)27-9-11-28(12-10-27)22(29)20-14-16-13-17(26-32(3,30)31)6-7-18(16)25-20;9-5-1-2-11(8(13)10-5)6-4-15-7(3-12)14-6/h13,15,18-19,21H,14,26H2,1-12H3;4-8,13-15,24-26H,9-12H2,1-3H3;1-2,6-7,12H,3-4H2,(H2,9,10,13)/t18-,19+,21-,25?;;6-,7-/m1.1/s1. The van der Waals surface area contributed by atoms with Crippen molar-refractivity contribution >= 4 is 88.4 Å². The van der Waals surface area contributed by atoms with Crippen molar-refractivity contribution in [2.24, 2.45) is 12.8 Å². The number of nitrogens with one attached hydrogen (secondary N) is 3. The number of piperazine rings is 1.